The Kier molecular flexibility index (Phi) is 10.1. The average molecular weight is 574 g/mol. The zero-order valence-electron chi connectivity index (χ0n) is 22.4. The van der Waals surface area contributed by atoms with Crippen LogP contribution in [0.25, 0.3) is 10.9 Å². The van der Waals surface area contributed by atoms with Gasteiger partial charge in [0.15, 0.2) is 0 Å². The molecule has 1 fully saturated rings. The van der Waals surface area contributed by atoms with Gasteiger partial charge in [0.05, 0.1) is 31.8 Å². The van der Waals surface area contributed by atoms with Gasteiger partial charge < -0.3 is 19.4 Å². The number of hydrogen-bond donors (Lipinski definition) is 3. The van der Waals surface area contributed by atoms with Gasteiger partial charge in [-0.3, -0.25) is 19.7 Å². The van der Waals surface area contributed by atoms with Crippen molar-refractivity contribution in [1.29, 1.82) is 0 Å². The first-order valence-corrected chi connectivity index (χ1v) is 14.5. The van der Waals surface area contributed by atoms with Crippen LogP contribution in [0.3, 0.4) is 0 Å². The number of para-hydroxylation sites is 1. The Morgan fingerprint density at radius 3 is 2.48 bits per heavy atom. The highest BCUT2D eigenvalue weighted by Crippen LogP contribution is 2.33. The molecule has 2 aliphatic heterocycles. The zero-order chi connectivity index (χ0) is 28.5. The minimum atomic E-state index is -3.69. The Morgan fingerprint density at radius 1 is 1.10 bits per heavy atom. The molecule has 1 saturated heterocycles. The molecule has 0 spiro atoms. The van der Waals surface area contributed by atoms with Crippen molar-refractivity contribution in [3.63, 3.8) is 0 Å². The molecule has 13 heteroatoms. The third-order valence-electron chi connectivity index (χ3n) is 7.04. The van der Waals surface area contributed by atoms with Crippen molar-refractivity contribution in [1.82, 2.24) is 24.6 Å². The largest absolute Gasteiger partial charge is 0.497 e. The Labute approximate surface area is 233 Å². The predicted octanol–water partition coefficient (Wildman–Crippen LogP) is 0.967. The highest BCUT2D eigenvalue weighted by Gasteiger charge is 2.32. The van der Waals surface area contributed by atoms with Crippen LogP contribution in [-0.4, -0.2) is 92.8 Å². The number of carbonyl (C=O) groups excluding carboxylic acids is 2. The van der Waals surface area contributed by atoms with Crippen LogP contribution in [-0.2, 0) is 43.9 Å². The molecular formula is C27H35N5O7S. The van der Waals surface area contributed by atoms with Crippen LogP contribution in [0.4, 0.5) is 0 Å². The molecule has 216 valence electrons. The predicted molar refractivity (Wildman–Crippen MR) is 147 cm³/mol. The number of fused-ring (bicyclic) bond motifs is 3. The number of sulfonamides is 1. The fourth-order valence-electron chi connectivity index (χ4n) is 5.03. The standard InChI is InChI=1S/C26H32N4O5S.CH3NO2/c1-34-20-6-8-21(9-7-20)36(32,33)29-12-10-23-22-4-2-3-5-24(22)30(25(23)18-29)19-26(31)27-11-13-28-14-16-35-17-15-28;3-1-2-4/h2-9H,10-19H2,1H3,(H,27,31);1,4H,(H,2,3). The summed E-state index contributed by atoms with van der Waals surface area (Å²) in [6, 6.07) is 14.4. The van der Waals surface area contributed by atoms with Crippen molar-refractivity contribution in [3.05, 3.63) is 59.8 Å². The number of nitrogens with zero attached hydrogens (tertiary/aromatic N) is 3. The Balaban J connectivity index is 0.000000867. The third kappa shape index (κ3) is 6.80. The van der Waals surface area contributed by atoms with Crippen LogP contribution >= 0.6 is 0 Å². The summed E-state index contributed by atoms with van der Waals surface area (Å²) >= 11 is 0. The second kappa shape index (κ2) is 13.7. The first kappa shape index (κ1) is 29.5. The summed E-state index contributed by atoms with van der Waals surface area (Å²) in [4.78, 5) is 24.2. The highest BCUT2D eigenvalue weighted by atomic mass is 32.2. The number of methoxy groups -OCH3 is 1. The number of amides is 2. The second-order valence-corrected chi connectivity index (χ2v) is 11.3. The van der Waals surface area contributed by atoms with E-state index in [2.05, 4.69) is 16.3 Å². The lowest BCUT2D eigenvalue weighted by atomic mass is 10.0. The first-order valence-electron chi connectivity index (χ1n) is 13.0. The molecule has 0 aliphatic carbocycles. The number of aromatic nitrogens is 1. The van der Waals surface area contributed by atoms with Gasteiger partial charge in [-0.05, 0) is 42.3 Å². The van der Waals surface area contributed by atoms with E-state index < -0.39 is 10.0 Å². The number of nitrogens with one attached hydrogen (secondary N) is 2. The molecule has 0 saturated carbocycles. The number of hydrogen-bond acceptors (Lipinski definition) is 8. The molecule has 0 bridgehead atoms. The maximum atomic E-state index is 13.4. The van der Waals surface area contributed by atoms with Crippen molar-refractivity contribution in [2.45, 2.75) is 24.4 Å². The monoisotopic (exact) mass is 573 g/mol. The summed E-state index contributed by atoms with van der Waals surface area (Å²) < 4.78 is 40.9. The smallest absolute Gasteiger partial charge is 0.243 e. The normalized spacial score (nSPS) is 15.9. The number of ether oxygens (including phenoxy) is 2. The fraction of sp³-hybridized carbons (Fsp3) is 0.407. The number of hydroxylamine groups is 1. The SMILES string of the molecule is COc1ccc(S(=O)(=O)N2CCc3c(n(CC(=O)NCCN4CCOCC4)c4ccccc34)C2)cc1.O=CNO. The van der Waals surface area contributed by atoms with Gasteiger partial charge in [-0.2, -0.15) is 4.31 Å². The molecule has 40 heavy (non-hydrogen) atoms. The van der Waals surface area contributed by atoms with Crippen LogP contribution < -0.4 is 15.5 Å². The summed E-state index contributed by atoms with van der Waals surface area (Å²) in [7, 11) is -2.14. The molecular weight excluding hydrogens is 538 g/mol. The molecule has 3 aromatic rings. The molecule has 2 amide bonds. The van der Waals surface area contributed by atoms with Crippen molar-refractivity contribution >= 4 is 33.2 Å². The number of rotatable bonds is 9. The lowest BCUT2D eigenvalue weighted by Crippen LogP contribution is -2.42. The van der Waals surface area contributed by atoms with E-state index in [9.17, 15) is 13.2 Å². The molecule has 2 aliphatic rings. The van der Waals surface area contributed by atoms with Crippen molar-refractivity contribution in [2.75, 3.05) is 53.0 Å². The van der Waals surface area contributed by atoms with E-state index in [0.717, 1.165) is 55.0 Å². The number of benzene rings is 2. The fourth-order valence-corrected chi connectivity index (χ4v) is 6.43. The summed E-state index contributed by atoms with van der Waals surface area (Å²) in [5, 5.41) is 11.4. The first-order chi connectivity index (χ1) is 19.4. The molecule has 1 aromatic heterocycles. The summed E-state index contributed by atoms with van der Waals surface area (Å²) in [5.41, 5.74) is 4.20. The average Bonchev–Trinajstić information content (AvgIpc) is 3.30. The van der Waals surface area contributed by atoms with Crippen molar-refractivity contribution < 1.29 is 32.7 Å². The minimum Gasteiger partial charge on any atom is -0.497 e. The van der Waals surface area contributed by atoms with Crippen LogP contribution in [0.1, 0.15) is 11.3 Å². The molecule has 3 heterocycles. The Morgan fingerprint density at radius 2 is 1.80 bits per heavy atom. The highest BCUT2D eigenvalue weighted by molar-refractivity contribution is 7.89. The van der Waals surface area contributed by atoms with Crippen LogP contribution in [0.2, 0.25) is 0 Å². The lowest BCUT2D eigenvalue weighted by molar-refractivity contribution is -0.121. The molecule has 12 nitrogen and oxygen atoms in total. The molecule has 3 N–H and O–H groups in total. The maximum Gasteiger partial charge on any atom is 0.243 e. The van der Waals surface area contributed by atoms with E-state index in [1.54, 1.807) is 31.4 Å². The topological polar surface area (TPSA) is 142 Å². The van der Waals surface area contributed by atoms with Gasteiger partial charge >= 0.3 is 0 Å². The number of carbonyl (C=O) groups is 2. The van der Waals surface area contributed by atoms with E-state index in [-0.39, 0.29) is 30.3 Å². The lowest BCUT2D eigenvalue weighted by Gasteiger charge is -2.28. The van der Waals surface area contributed by atoms with Crippen molar-refractivity contribution in [3.8, 4) is 5.75 Å². The maximum absolute atomic E-state index is 13.4. The summed E-state index contributed by atoms with van der Waals surface area (Å²) in [6.07, 6.45) is 0.775. The van der Waals surface area contributed by atoms with E-state index in [0.29, 0.717) is 25.3 Å². The van der Waals surface area contributed by atoms with Crippen LogP contribution in [0, 0.1) is 0 Å². The van der Waals surface area contributed by atoms with Crippen LogP contribution in [0.15, 0.2) is 53.4 Å². The molecule has 5 rings (SSSR count). The minimum absolute atomic E-state index is 0.0815. The van der Waals surface area contributed by atoms with E-state index >= 15 is 0 Å². The summed E-state index contributed by atoms with van der Waals surface area (Å²) in [6.45, 7) is 5.33. The second-order valence-electron chi connectivity index (χ2n) is 9.34. The quantitative estimate of drug-likeness (QED) is 0.195. The molecule has 0 unspecified atom stereocenters. The van der Waals surface area contributed by atoms with Gasteiger partial charge in [0.1, 0.15) is 12.3 Å². The molecule has 0 radical (unpaired) electrons. The van der Waals surface area contributed by atoms with Gasteiger partial charge in [-0.25, -0.2) is 13.9 Å². The van der Waals surface area contributed by atoms with Gasteiger partial charge in [0.2, 0.25) is 22.3 Å². The van der Waals surface area contributed by atoms with Gasteiger partial charge in [0.25, 0.3) is 0 Å². The van der Waals surface area contributed by atoms with E-state index in [1.807, 2.05) is 22.8 Å². The molecule has 2 aromatic carbocycles. The Bertz CT molecular complexity index is 1400. The van der Waals surface area contributed by atoms with E-state index in [1.165, 1.54) is 9.79 Å². The van der Waals surface area contributed by atoms with E-state index in [4.69, 9.17) is 19.5 Å². The third-order valence-corrected chi connectivity index (χ3v) is 8.90. The van der Waals surface area contributed by atoms with Gasteiger partial charge in [-0.1, -0.05) is 18.2 Å². The molecule has 0 atom stereocenters. The van der Waals surface area contributed by atoms with Crippen molar-refractivity contribution in [2.24, 2.45) is 0 Å². The van der Waals surface area contributed by atoms with Gasteiger partial charge in [0, 0.05) is 49.3 Å². The van der Waals surface area contributed by atoms with Gasteiger partial charge in [-0.15, -0.1) is 0 Å². The summed E-state index contributed by atoms with van der Waals surface area (Å²) in [5.74, 6) is 0.525. The number of morpholine rings is 1. The van der Waals surface area contributed by atoms with Crippen LogP contribution in [0.5, 0.6) is 5.75 Å². The zero-order valence-corrected chi connectivity index (χ0v) is 23.2. The Hall–Kier alpha value is -3.49.